The molecule has 1 fully saturated rings. The third-order valence-electron chi connectivity index (χ3n) is 6.75. The van der Waals surface area contributed by atoms with Crippen molar-refractivity contribution in [2.45, 2.75) is 31.9 Å². The molecule has 178 valence electrons. The SMILES string of the molecule is COc1ccc2ncc(Cl)c([C@@H](F)CCC3(CO)CCN(CC#Cc4ccccn4)CC3)c2c1. The second-order valence-corrected chi connectivity index (χ2v) is 9.27. The summed E-state index contributed by atoms with van der Waals surface area (Å²) in [5, 5.41) is 11.2. The molecule has 5 nitrogen and oxygen atoms in total. The molecule has 3 heterocycles. The summed E-state index contributed by atoms with van der Waals surface area (Å²) in [6.07, 6.45) is 4.47. The van der Waals surface area contributed by atoms with Crippen molar-refractivity contribution in [2.75, 3.05) is 33.4 Å². The monoisotopic (exact) mass is 481 g/mol. The minimum atomic E-state index is -1.25. The lowest BCUT2D eigenvalue weighted by Gasteiger charge is -2.40. The number of ether oxygens (including phenoxy) is 1. The highest BCUT2D eigenvalue weighted by molar-refractivity contribution is 6.32. The van der Waals surface area contributed by atoms with Gasteiger partial charge in [-0.3, -0.25) is 9.88 Å². The summed E-state index contributed by atoms with van der Waals surface area (Å²) in [5.41, 5.74) is 1.60. The molecule has 0 unspecified atom stereocenters. The van der Waals surface area contributed by atoms with E-state index in [1.54, 1.807) is 25.4 Å². The zero-order chi connectivity index (χ0) is 24.0. The summed E-state index contributed by atoms with van der Waals surface area (Å²) in [4.78, 5) is 10.8. The van der Waals surface area contributed by atoms with Crippen molar-refractivity contribution in [3.05, 3.63) is 65.1 Å². The highest BCUT2D eigenvalue weighted by Gasteiger charge is 2.35. The number of benzene rings is 1. The van der Waals surface area contributed by atoms with Crippen molar-refractivity contribution in [3.63, 3.8) is 0 Å². The number of hydrogen-bond donors (Lipinski definition) is 1. The Morgan fingerprint density at radius 1 is 1.24 bits per heavy atom. The minimum Gasteiger partial charge on any atom is -0.497 e. The lowest BCUT2D eigenvalue weighted by atomic mass is 9.74. The number of pyridine rings is 2. The number of methoxy groups -OCH3 is 1. The van der Waals surface area contributed by atoms with Crippen molar-refractivity contribution in [1.82, 2.24) is 14.9 Å². The second-order valence-electron chi connectivity index (χ2n) is 8.86. The van der Waals surface area contributed by atoms with Gasteiger partial charge < -0.3 is 9.84 Å². The molecule has 4 rings (SSSR count). The standard InChI is InChI=1S/C27H29ClFN3O2/c1-34-21-7-8-25-22(17-21)26(23(28)18-31-25)24(29)9-10-27(19-33)11-15-32(16-12-27)14-4-6-20-5-2-3-13-30-20/h2-3,5,7-8,13,17-18,24,33H,9-12,14-16,19H2,1H3/t24-/m0/s1. The van der Waals surface area contributed by atoms with E-state index in [9.17, 15) is 5.11 Å². The summed E-state index contributed by atoms with van der Waals surface area (Å²) >= 11 is 6.38. The van der Waals surface area contributed by atoms with Crippen molar-refractivity contribution in [3.8, 4) is 17.6 Å². The Balaban J connectivity index is 1.38. The van der Waals surface area contributed by atoms with Crippen LogP contribution in [0, 0.1) is 17.3 Å². The molecule has 1 aliphatic rings. The molecule has 1 saturated heterocycles. The van der Waals surface area contributed by atoms with E-state index in [2.05, 4.69) is 26.7 Å². The number of likely N-dealkylation sites (tertiary alicyclic amines) is 1. The Labute approximate surface area is 204 Å². The molecule has 2 aromatic heterocycles. The van der Waals surface area contributed by atoms with E-state index in [-0.39, 0.29) is 18.4 Å². The molecule has 0 bridgehead atoms. The first-order valence-electron chi connectivity index (χ1n) is 11.5. The van der Waals surface area contributed by atoms with Crippen LogP contribution in [0.3, 0.4) is 0 Å². The molecule has 0 spiro atoms. The molecular formula is C27H29ClFN3O2. The van der Waals surface area contributed by atoms with E-state index in [0.29, 0.717) is 40.2 Å². The molecule has 1 atom stereocenters. The average molecular weight is 482 g/mol. The number of hydrogen-bond acceptors (Lipinski definition) is 5. The number of aliphatic hydroxyl groups is 1. The molecule has 3 aromatic rings. The first-order chi connectivity index (χ1) is 16.5. The molecule has 1 aliphatic heterocycles. The summed E-state index contributed by atoms with van der Waals surface area (Å²) < 4.78 is 20.9. The van der Waals surface area contributed by atoms with E-state index in [1.807, 2.05) is 24.3 Å². The Hall–Kier alpha value is -2.72. The molecular weight excluding hydrogens is 453 g/mol. The number of rotatable bonds is 7. The van der Waals surface area contributed by atoms with Crippen LogP contribution in [0.1, 0.15) is 43.1 Å². The highest BCUT2D eigenvalue weighted by atomic mass is 35.5. The number of piperidine rings is 1. The largest absolute Gasteiger partial charge is 0.497 e. The maximum Gasteiger partial charge on any atom is 0.127 e. The van der Waals surface area contributed by atoms with Crippen molar-refractivity contribution >= 4 is 22.5 Å². The van der Waals surface area contributed by atoms with Gasteiger partial charge >= 0.3 is 0 Å². The molecule has 1 N–H and O–H groups in total. The third kappa shape index (κ3) is 5.67. The summed E-state index contributed by atoms with van der Waals surface area (Å²) in [7, 11) is 1.58. The maximum atomic E-state index is 15.6. The van der Waals surface area contributed by atoms with Gasteiger partial charge in [-0.2, -0.15) is 0 Å². The predicted octanol–water partition coefficient (Wildman–Crippen LogP) is 5.21. The van der Waals surface area contributed by atoms with Crippen LogP contribution in [0.5, 0.6) is 5.75 Å². The van der Waals surface area contributed by atoms with Crippen LogP contribution in [0.25, 0.3) is 10.9 Å². The van der Waals surface area contributed by atoms with Crippen LogP contribution in [-0.4, -0.2) is 53.3 Å². The molecule has 7 heteroatoms. The highest BCUT2D eigenvalue weighted by Crippen LogP contribution is 2.41. The Kier molecular flexibility index (Phi) is 7.99. The van der Waals surface area contributed by atoms with Crippen LogP contribution in [0.4, 0.5) is 4.39 Å². The quantitative estimate of drug-likeness (QED) is 0.469. The summed E-state index contributed by atoms with van der Waals surface area (Å²) in [6, 6.07) is 11.1. The molecule has 0 saturated carbocycles. The maximum absolute atomic E-state index is 15.6. The van der Waals surface area contributed by atoms with Gasteiger partial charge in [0.2, 0.25) is 0 Å². The first-order valence-corrected chi connectivity index (χ1v) is 11.9. The van der Waals surface area contributed by atoms with E-state index < -0.39 is 6.17 Å². The normalized spacial score (nSPS) is 16.6. The zero-order valence-electron chi connectivity index (χ0n) is 19.3. The van der Waals surface area contributed by atoms with Crippen molar-refractivity contribution in [1.29, 1.82) is 0 Å². The number of nitrogens with zero attached hydrogens (tertiary/aromatic N) is 3. The fourth-order valence-electron chi connectivity index (χ4n) is 4.54. The number of halogens is 2. The Bertz CT molecular complexity index is 1170. The predicted molar refractivity (Wildman–Crippen MR) is 133 cm³/mol. The molecule has 0 amide bonds. The van der Waals surface area contributed by atoms with E-state index in [4.69, 9.17) is 16.3 Å². The van der Waals surface area contributed by atoms with Gasteiger partial charge in [-0.15, -0.1) is 0 Å². The zero-order valence-corrected chi connectivity index (χ0v) is 20.1. The van der Waals surface area contributed by atoms with Gasteiger partial charge in [0.05, 0.1) is 24.2 Å². The average Bonchev–Trinajstić information content (AvgIpc) is 2.88. The Morgan fingerprint density at radius 3 is 2.76 bits per heavy atom. The van der Waals surface area contributed by atoms with Crippen LogP contribution in [0.15, 0.2) is 48.8 Å². The fourth-order valence-corrected chi connectivity index (χ4v) is 4.81. The fraction of sp³-hybridized carbons (Fsp3) is 0.407. The summed E-state index contributed by atoms with van der Waals surface area (Å²) in [5.74, 6) is 6.90. The van der Waals surface area contributed by atoms with E-state index >= 15 is 4.39 Å². The van der Waals surface area contributed by atoms with E-state index in [0.717, 1.165) is 31.6 Å². The van der Waals surface area contributed by atoms with Gasteiger partial charge in [0.15, 0.2) is 0 Å². The lowest BCUT2D eigenvalue weighted by molar-refractivity contribution is 0.0344. The van der Waals surface area contributed by atoms with Gasteiger partial charge in [0.1, 0.15) is 17.6 Å². The molecule has 0 radical (unpaired) electrons. The topological polar surface area (TPSA) is 58.5 Å². The van der Waals surface area contributed by atoms with Crippen LogP contribution in [-0.2, 0) is 0 Å². The van der Waals surface area contributed by atoms with Gasteiger partial charge in [0, 0.05) is 30.0 Å². The Morgan fingerprint density at radius 2 is 2.06 bits per heavy atom. The number of fused-ring (bicyclic) bond motifs is 1. The van der Waals surface area contributed by atoms with Crippen LogP contribution in [0.2, 0.25) is 5.02 Å². The third-order valence-corrected chi connectivity index (χ3v) is 7.05. The smallest absolute Gasteiger partial charge is 0.127 e. The van der Waals surface area contributed by atoms with Crippen molar-refractivity contribution in [2.24, 2.45) is 5.41 Å². The second kappa shape index (κ2) is 11.1. The number of aromatic nitrogens is 2. The van der Waals surface area contributed by atoms with Crippen LogP contribution < -0.4 is 4.74 Å². The minimum absolute atomic E-state index is 0.0474. The molecule has 0 aliphatic carbocycles. The van der Waals surface area contributed by atoms with Crippen molar-refractivity contribution < 1.29 is 14.2 Å². The van der Waals surface area contributed by atoms with E-state index in [1.165, 1.54) is 6.20 Å². The molecule has 34 heavy (non-hydrogen) atoms. The molecule has 1 aromatic carbocycles. The summed E-state index contributed by atoms with van der Waals surface area (Å²) in [6.45, 7) is 2.35. The van der Waals surface area contributed by atoms with Crippen LogP contribution >= 0.6 is 11.6 Å². The van der Waals surface area contributed by atoms with Gasteiger partial charge in [-0.25, -0.2) is 9.37 Å². The van der Waals surface area contributed by atoms with Gasteiger partial charge in [0.25, 0.3) is 0 Å². The first kappa shape index (κ1) is 24.4. The van der Waals surface area contributed by atoms with Gasteiger partial charge in [-0.05, 0) is 80.4 Å². The number of alkyl halides is 1. The lowest BCUT2D eigenvalue weighted by Crippen LogP contribution is -2.42. The van der Waals surface area contributed by atoms with Gasteiger partial charge in [-0.1, -0.05) is 23.6 Å². The number of aliphatic hydroxyl groups excluding tert-OH is 1.